The van der Waals surface area contributed by atoms with Crippen LogP contribution in [0.5, 0.6) is 5.75 Å². The van der Waals surface area contributed by atoms with Crippen molar-refractivity contribution in [3.05, 3.63) is 40.2 Å². The molecule has 0 bridgehead atoms. The zero-order chi connectivity index (χ0) is 27.7. The van der Waals surface area contributed by atoms with Gasteiger partial charge in [-0.1, -0.05) is 28.9 Å². The summed E-state index contributed by atoms with van der Waals surface area (Å²) in [5.74, 6) is -10.3. The van der Waals surface area contributed by atoms with E-state index in [4.69, 9.17) is 5.73 Å². The molecular formula is C24H26BrN3O9. The van der Waals surface area contributed by atoms with Gasteiger partial charge >= 0.3 is 0 Å². The van der Waals surface area contributed by atoms with E-state index in [0.717, 1.165) is 0 Å². The number of nitrogens with two attached hydrogens (primary N) is 1. The number of aliphatic hydroxyl groups is 4. The average molecular weight is 580 g/mol. The third-order valence-corrected chi connectivity index (χ3v) is 8.03. The number of alkyl halides is 1. The van der Waals surface area contributed by atoms with Crippen LogP contribution < -0.4 is 11.1 Å². The molecule has 198 valence electrons. The number of likely N-dealkylation sites (N-methyl/N-ethyl adjacent to an activating group) is 1. The summed E-state index contributed by atoms with van der Waals surface area (Å²) in [6, 6.07) is 1.49. The first-order valence-electron chi connectivity index (χ1n) is 11.3. The Kier molecular flexibility index (Phi) is 6.47. The van der Waals surface area contributed by atoms with Crippen LogP contribution in [-0.4, -0.2) is 91.0 Å². The van der Waals surface area contributed by atoms with Crippen LogP contribution >= 0.6 is 15.9 Å². The second kappa shape index (κ2) is 8.94. The maximum atomic E-state index is 13.9. The highest BCUT2D eigenvalue weighted by molar-refractivity contribution is 9.09. The lowest BCUT2D eigenvalue weighted by molar-refractivity contribution is -0.169. The van der Waals surface area contributed by atoms with Crippen LogP contribution in [0, 0.1) is 11.8 Å². The number of carbonyl (C=O) groups is 4. The van der Waals surface area contributed by atoms with E-state index in [1.807, 2.05) is 0 Å². The fourth-order valence-corrected chi connectivity index (χ4v) is 6.04. The molecule has 6 atom stereocenters. The maximum absolute atomic E-state index is 13.9. The molecule has 1 fully saturated rings. The Morgan fingerprint density at radius 3 is 2.35 bits per heavy atom. The van der Waals surface area contributed by atoms with Gasteiger partial charge in [0.2, 0.25) is 11.7 Å². The third kappa shape index (κ3) is 3.52. The molecular weight excluding hydrogens is 554 g/mol. The number of carbonyl (C=O) groups excluding carboxylic acids is 4. The average Bonchev–Trinajstić information content (AvgIpc) is 2.82. The van der Waals surface area contributed by atoms with Crippen molar-refractivity contribution in [2.24, 2.45) is 17.6 Å². The van der Waals surface area contributed by atoms with E-state index in [2.05, 4.69) is 21.2 Å². The molecule has 1 saturated carbocycles. The summed E-state index contributed by atoms with van der Waals surface area (Å²) in [7, 11) is 2.87. The number of benzene rings is 1. The first kappa shape index (κ1) is 26.8. The molecule has 1 aromatic carbocycles. The number of aliphatic hydroxyl groups excluding tert-OH is 3. The monoisotopic (exact) mass is 579 g/mol. The molecule has 8 N–H and O–H groups in total. The number of Topliss-reactive ketones (excluding diaryl/α,β-unsaturated/α-hetero) is 2. The largest absolute Gasteiger partial charge is 0.508 e. The van der Waals surface area contributed by atoms with Gasteiger partial charge in [0.15, 0.2) is 11.4 Å². The second-order valence-electron chi connectivity index (χ2n) is 9.66. The first-order valence-corrected chi connectivity index (χ1v) is 12.4. The summed E-state index contributed by atoms with van der Waals surface area (Å²) >= 11 is 2.99. The number of primary amides is 1. The van der Waals surface area contributed by atoms with Gasteiger partial charge in [0.05, 0.1) is 34.6 Å². The van der Waals surface area contributed by atoms with Crippen LogP contribution in [0.15, 0.2) is 29.0 Å². The topological polar surface area (TPSA) is 211 Å². The van der Waals surface area contributed by atoms with Crippen molar-refractivity contribution in [1.29, 1.82) is 0 Å². The number of anilines is 1. The number of phenols is 1. The summed E-state index contributed by atoms with van der Waals surface area (Å²) < 4.78 is 0. The molecule has 1 aromatic rings. The van der Waals surface area contributed by atoms with Gasteiger partial charge in [-0.05, 0) is 31.6 Å². The van der Waals surface area contributed by atoms with E-state index >= 15 is 0 Å². The lowest BCUT2D eigenvalue weighted by atomic mass is 9.54. The highest BCUT2D eigenvalue weighted by Crippen LogP contribution is 2.56. The summed E-state index contributed by atoms with van der Waals surface area (Å²) in [6.07, 6.45) is -1.68. The van der Waals surface area contributed by atoms with E-state index < -0.39 is 87.3 Å². The molecule has 3 aliphatic carbocycles. The molecule has 2 amide bonds. The normalized spacial score (nSPS) is 31.2. The summed E-state index contributed by atoms with van der Waals surface area (Å²) in [5.41, 5.74) is 0.883. The second-order valence-corrected chi connectivity index (χ2v) is 10.2. The standard InChI is InChI=1S/C24H26BrN3O9/c1-7-8-4-5-9(27-10(29)6-25)17(30)12(8)18(31)13-11(7)19(32)15-16(28(2)3)20(33)14(23(26)36)22(35)24(15,37)21(13)34/h4-5,7,11,15-16,19,30-32,35,37H,6H2,1-3H3,(H2,26,36)(H,27,29)/t7-,11+,15+,16-,19-,24-/m0/s1. The number of hydrogen-bond donors (Lipinski definition) is 7. The number of halogens is 1. The van der Waals surface area contributed by atoms with Crippen LogP contribution in [0.3, 0.4) is 0 Å². The zero-order valence-corrected chi connectivity index (χ0v) is 21.6. The molecule has 0 unspecified atom stereocenters. The molecule has 12 nitrogen and oxygen atoms in total. The Labute approximate surface area is 219 Å². The summed E-state index contributed by atoms with van der Waals surface area (Å²) in [6.45, 7) is 1.62. The minimum Gasteiger partial charge on any atom is -0.508 e. The fourth-order valence-electron chi connectivity index (χ4n) is 5.90. The van der Waals surface area contributed by atoms with E-state index in [1.165, 1.54) is 31.1 Å². The third-order valence-electron chi connectivity index (χ3n) is 7.52. The van der Waals surface area contributed by atoms with Crippen molar-refractivity contribution in [3.63, 3.8) is 0 Å². The van der Waals surface area contributed by atoms with Gasteiger partial charge in [0, 0.05) is 11.5 Å². The lowest BCUT2D eigenvalue weighted by Gasteiger charge is -2.53. The molecule has 3 aliphatic rings. The molecule has 13 heteroatoms. The summed E-state index contributed by atoms with van der Waals surface area (Å²) in [4.78, 5) is 52.2. The molecule has 0 saturated heterocycles. The Bertz CT molecular complexity index is 1320. The smallest absolute Gasteiger partial charge is 0.255 e. The number of rotatable bonds is 4. The Hall–Kier alpha value is -3.26. The molecule has 0 aliphatic heterocycles. The van der Waals surface area contributed by atoms with Crippen molar-refractivity contribution in [2.45, 2.75) is 30.6 Å². The predicted molar refractivity (Wildman–Crippen MR) is 133 cm³/mol. The van der Waals surface area contributed by atoms with Crippen molar-refractivity contribution < 1.29 is 44.7 Å². The Morgan fingerprint density at radius 2 is 1.81 bits per heavy atom. The number of amides is 2. The number of nitrogens with one attached hydrogen (secondary N) is 1. The van der Waals surface area contributed by atoms with Crippen molar-refractivity contribution in [1.82, 2.24) is 4.90 Å². The molecule has 0 radical (unpaired) electrons. The molecule has 0 spiro atoms. The molecule has 0 heterocycles. The van der Waals surface area contributed by atoms with Gasteiger partial charge in [-0.3, -0.25) is 24.1 Å². The van der Waals surface area contributed by atoms with Gasteiger partial charge in [-0.25, -0.2) is 0 Å². The van der Waals surface area contributed by atoms with Crippen LogP contribution in [0.2, 0.25) is 0 Å². The van der Waals surface area contributed by atoms with E-state index in [1.54, 1.807) is 6.92 Å². The number of ketones is 2. The highest BCUT2D eigenvalue weighted by atomic mass is 79.9. The van der Waals surface area contributed by atoms with Crippen LogP contribution in [-0.2, 0) is 19.2 Å². The Balaban J connectivity index is 2.01. The Morgan fingerprint density at radius 1 is 1.19 bits per heavy atom. The fraction of sp³-hybridized carbons (Fsp3) is 0.417. The van der Waals surface area contributed by atoms with Crippen LogP contribution in [0.1, 0.15) is 24.0 Å². The molecule has 0 aromatic heterocycles. The number of phenolic OH excluding ortho intramolecular Hbond substituents is 1. The van der Waals surface area contributed by atoms with Gasteiger partial charge in [-0.15, -0.1) is 0 Å². The van der Waals surface area contributed by atoms with Gasteiger partial charge in [0.1, 0.15) is 22.8 Å². The van der Waals surface area contributed by atoms with Crippen LogP contribution in [0.25, 0.3) is 5.76 Å². The van der Waals surface area contributed by atoms with E-state index in [9.17, 15) is 44.7 Å². The first-order chi connectivity index (χ1) is 17.2. The minimum absolute atomic E-state index is 0.0592. The van der Waals surface area contributed by atoms with Crippen molar-refractivity contribution in [2.75, 3.05) is 24.7 Å². The number of aromatic hydroxyl groups is 1. The van der Waals surface area contributed by atoms with Gasteiger partial charge in [-0.2, -0.15) is 0 Å². The number of fused-ring (bicyclic) bond motifs is 3. The van der Waals surface area contributed by atoms with E-state index in [-0.39, 0.29) is 16.6 Å². The van der Waals surface area contributed by atoms with E-state index in [0.29, 0.717) is 5.56 Å². The predicted octanol–water partition coefficient (Wildman–Crippen LogP) is -0.171. The minimum atomic E-state index is -2.99. The highest BCUT2D eigenvalue weighted by Gasteiger charge is 2.68. The quantitative estimate of drug-likeness (QED) is 0.142. The van der Waals surface area contributed by atoms with Crippen LogP contribution in [0.4, 0.5) is 5.69 Å². The SMILES string of the molecule is C[C@H]1c2ccc(NC(=O)CBr)c(O)c2C(O)=C2C(=O)[C@]3(O)C(O)=C(C(N)=O)C(=O)[C@@H](N(C)C)[C@@H]3[C@@H](O)[C@@H]21. The van der Waals surface area contributed by atoms with Crippen molar-refractivity contribution >= 4 is 50.8 Å². The van der Waals surface area contributed by atoms with Crippen molar-refractivity contribution in [3.8, 4) is 5.75 Å². The number of nitrogens with zero attached hydrogens (tertiary/aromatic N) is 1. The summed E-state index contributed by atoms with van der Waals surface area (Å²) in [5, 5.41) is 58.6. The lowest BCUT2D eigenvalue weighted by Crippen LogP contribution is -2.70. The number of hydrogen-bond acceptors (Lipinski definition) is 10. The molecule has 37 heavy (non-hydrogen) atoms. The maximum Gasteiger partial charge on any atom is 0.255 e. The van der Waals surface area contributed by atoms with Gasteiger partial charge in [0.25, 0.3) is 5.91 Å². The zero-order valence-electron chi connectivity index (χ0n) is 20.0. The van der Waals surface area contributed by atoms with Gasteiger partial charge < -0.3 is 36.6 Å². The molecule has 4 rings (SSSR count).